The lowest BCUT2D eigenvalue weighted by molar-refractivity contribution is -0.142. The van der Waals surface area contributed by atoms with Crippen LogP contribution in [0, 0.1) is 0 Å². The molecule has 2 rings (SSSR count). The Kier molecular flexibility index (Phi) is 5.17. The molecule has 2 N–H and O–H groups in total. The summed E-state index contributed by atoms with van der Waals surface area (Å²) in [4.78, 5) is 11.8. The van der Waals surface area contributed by atoms with E-state index in [-0.39, 0.29) is 13.2 Å². The first-order valence-electron chi connectivity index (χ1n) is 6.90. The third-order valence-electron chi connectivity index (χ3n) is 3.19. The average Bonchev–Trinajstić information content (AvgIpc) is 2.83. The maximum Gasteiger partial charge on any atom is 0.407 e. The molecule has 1 fully saturated rings. The van der Waals surface area contributed by atoms with Gasteiger partial charge in [-0.2, -0.15) is 0 Å². The molecule has 0 aliphatic carbocycles. The first-order chi connectivity index (χ1) is 10.00. The van der Waals surface area contributed by atoms with Gasteiger partial charge in [-0.3, -0.25) is 0 Å². The summed E-state index contributed by atoms with van der Waals surface area (Å²) in [6.45, 7) is 3.82. The lowest BCUT2D eigenvalue weighted by Crippen LogP contribution is -2.47. The highest BCUT2D eigenvalue weighted by atomic mass is 16.7. The normalized spacial score (nSPS) is 21.8. The van der Waals surface area contributed by atoms with Gasteiger partial charge in [0.15, 0.2) is 5.79 Å². The average molecular weight is 295 g/mol. The van der Waals surface area contributed by atoms with Gasteiger partial charge in [0.2, 0.25) is 0 Å². The lowest BCUT2D eigenvalue weighted by atomic mass is 10.2. The second-order valence-electron chi connectivity index (χ2n) is 5.36. The number of amides is 1. The molecule has 1 aliphatic heterocycles. The largest absolute Gasteiger partial charge is 0.445 e. The smallest absolute Gasteiger partial charge is 0.407 e. The Bertz CT molecular complexity index is 462. The Morgan fingerprint density at radius 1 is 1.48 bits per heavy atom. The van der Waals surface area contributed by atoms with Gasteiger partial charge in [-0.1, -0.05) is 30.3 Å². The SMILES string of the molecule is CC1(C)OC[C@@H]([C@H](CO)NC(=O)OCc2ccccc2)O1. The zero-order valence-electron chi connectivity index (χ0n) is 12.2. The van der Waals surface area contributed by atoms with Crippen LogP contribution < -0.4 is 5.32 Å². The highest BCUT2D eigenvalue weighted by Gasteiger charge is 2.37. The topological polar surface area (TPSA) is 77.0 Å². The molecular weight excluding hydrogens is 274 g/mol. The molecule has 1 saturated heterocycles. The molecule has 0 spiro atoms. The molecule has 0 saturated carbocycles. The van der Waals surface area contributed by atoms with Crippen molar-refractivity contribution >= 4 is 6.09 Å². The van der Waals surface area contributed by atoms with E-state index in [0.29, 0.717) is 6.61 Å². The van der Waals surface area contributed by atoms with Crippen molar-refractivity contribution < 1.29 is 24.1 Å². The van der Waals surface area contributed by atoms with Crippen LogP contribution in [0.1, 0.15) is 19.4 Å². The number of hydrogen-bond acceptors (Lipinski definition) is 5. The number of benzene rings is 1. The van der Waals surface area contributed by atoms with Gasteiger partial charge >= 0.3 is 6.09 Å². The molecule has 0 radical (unpaired) electrons. The van der Waals surface area contributed by atoms with Crippen LogP contribution in [-0.4, -0.2) is 42.3 Å². The Balaban J connectivity index is 1.80. The van der Waals surface area contributed by atoms with E-state index in [9.17, 15) is 9.90 Å². The molecule has 0 bridgehead atoms. The van der Waals surface area contributed by atoms with Crippen LogP contribution in [0.25, 0.3) is 0 Å². The van der Waals surface area contributed by atoms with Crippen LogP contribution in [0.2, 0.25) is 0 Å². The van der Waals surface area contributed by atoms with Crippen LogP contribution >= 0.6 is 0 Å². The Morgan fingerprint density at radius 3 is 2.76 bits per heavy atom. The highest BCUT2D eigenvalue weighted by Crippen LogP contribution is 2.24. The molecule has 0 aromatic heterocycles. The number of carbonyl (C=O) groups excluding carboxylic acids is 1. The summed E-state index contributed by atoms with van der Waals surface area (Å²) in [5, 5.41) is 12.0. The van der Waals surface area contributed by atoms with Gasteiger partial charge in [0.1, 0.15) is 12.7 Å². The fourth-order valence-corrected chi connectivity index (χ4v) is 2.09. The molecular formula is C15H21NO5. The van der Waals surface area contributed by atoms with Gasteiger partial charge < -0.3 is 24.6 Å². The summed E-state index contributed by atoms with van der Waals surface area (Å²) in [6.07, 6.45) is -0.986. The minimum Gasteiger partial charge on any atom is -0.445 e. The van der Waals surface area contributed by atoms with Gasteiger partial charge in [0.25, 0.3) is 0 Å². The second kappa shape index (κ2) is 6.89. The van der Waals surface area contributed by atoms with Gasteiger partial charge in [-0.15, -0.1) is 0 Å². The minimum atomic E-state index is -0.701. The van der Waals surface area contributed by atoms with Crippen molar-refractivity contribution in [3.05, 3.63) is 35.9 Å². The molecule has 1 heterocycles. The quantitative estimate of drug-likeness (QED) is 0.859. The van der Waals surface area contributed by atoms with Crippen molar-refractivity contribution in [3.63, 3.8) is 0 Å². The van der Waals surface area contributed by atoms with Gasteiger partial charge in [-0.05, 0) is 19.4 Å². The third-order valence-corrected chi connectivity index (χ3v) is 3.19. The van der Waals surface area contributed by atoms with E-state index in [2.05, 4.69) is 5.32 Å². The summed E-state index contributed by atoms with van der Waals surface area (Å²) in [6, 6.07) is 8.82. The molecule has 116 valence electrons. The molecule has 6 heteroatoms. The predicted molar refractivity (Wildman–Crippen MR) is 75.5 cm³/mol. The van der Waals surface area contributed by atoms with Crippen molar-refractivity contribution in [2.75, 3.05) is 13.2 Å². The number of ether oxygens (including phenoxy) is 3. The van der Waals surface area contributed by atoms with Gasteiger partial charge in [0.05, 0.1) is 19.3 Å². The molecule has 21 heavy (non-hydrogen) atoms. The number of nitrogens with one attached hydrogen (secondary N) is 1. The zero-order chi connectivity index (χ0) is 15.3. The third kappa shape index (κ3) is 4.70. The zero-order valence-corrected chi connectivity index (χ0v) is 12.2. The number of hydrogen-bond donors (Lipinski definition) is 2. The van der Waals surface area contributed by atoms with Crippen molar-refractivity contribution in [3.8, 4) is 0 Å². The van der Waals surface area contributed by atoms with E-state index in [1.54, 1.807) is 13.8 Å². The molecule has 0 unspecified atom stereocenters. The second-order valence-corrected chi connectivity index (χ2v) is 5.36. The molecule has 6 nitrogen and oxygen atoms in total. The maximum atomic E-state index is 11.8. The van der Waals surface area contributed by atoms with E-state index in [0.717, 1.165) is 5.56 Å². The van der Waals surface area contributed by atoms with Gasteiger partial charge in [0, 0.05) is 0 Å². The molecule has 1 amide bonds. The minimum absolute atomic E-state index is 0.179. The first kappa shape index (κ1) is 15.8. The highest BCUT2D eigenvalue weighted by molar-refractivity contribution is 5.67. The Hall–Kier alpha value is -1.63. The van der Waals surface area contributed by atoms with E-state index < -0.39 is 24.0 Å². The Morgan fingerprint density at radius 2 is 2.19 bits per heavy atom. The molecule has 2 atom stereocenters. The number of carbonyl (C=O) groups is 1. The summed E-state index contributed by atoms with van der Waals surface area (Å²) >= 11 is 0. The van der Waals surface area contributed by atoms with Crippen LogP contribution in [0.5, 0.6) is 0 Å². The van der Waals surface area contributed by atoms with Crippen molar-refractivity contribution in [2.24, 2.45) is 0 Å². The predicted octanol–water partition coefficient (Wildman–Crippen LogP) is 1.43. The van der Waals surface area contributed by atoms with E-state index in [1.165, 1.54) is 0 Å². The monoisotopic (exact) mass is 295 g/mol. The van der Waals surface area contributed by atoms with Crippen molar-refractivity contribution in [1.29, 1.82) is 0 Å². The van der Waals surface area contributed by atoms with Crippen LogP contribution in [0.15, 0.2) is 30.3 Å². The van der Waals surface area contributed by atoms with Crippen LogP contribution in [0.3, 0.4) is 0 Å². The fourth-order valence-electron chi connectivity index (χ4n) is 2.09. The number of alkyl carbamates (subject to hydrolysis) is 1. The van der Waals surface area contributed by atoms with Gasteiger partial charge in [-0.25, -0.2) is 4.79 Å². The lowest BCUT2D eigenvalue weighted by Gasteiger charge is -2.23. The maximum absolute atomic E-state index is 11.8. The van der Waals surface area contributed by atoms with Crippen molar-refractivity contribution in [1.82, 2.24) is 5.32 Å². The van der Waals surface area contributed by atoms with E-state index >= 15 is 0 Å². The summed E-state index contributed by atoms with van der Waals surface area (Å²) in [5.41, 5.74) is 0.898. The standard InChI is InChI=1S/C15H21NO5/c1-15(2)20-10-13(21-15)12(8-17)16-14(18)19-9-11-6-4-3-5-7-11/h3-7,12-13,17H,8-10H2,1-2H3,(H,16,18)/t12-,13-/m0/s1. The fraction of sp³-hybridized carbons (Fsp3) is 0.533. The number of aliphatic hydroxyl groups is 1. The molecule has 1 aromatic rings. The molecule has 1 aliphatic rings. The van der Waals surface area contributed by atoms with Crippen molar-refractivity contribution in [2.45, 2.75) is 38.4 Å². The van der Waals surface area contributed by atoms with Crippen LogP contribution in [0.4, 0.5) is 4.79 Å². The van der Waals surface area contributed by atoms with Crippen LogP contribution in [-0.2, 0) is 20.8 Å². The first-order valence-corrected chi connectivity index (χ1v) is 6.90. The summed E-state index contributed by atoms with van der Waals surface area (Å²) in [5.74, 6) is -0.701. The summed E-state index contributed by atoms with van der Waals surface area (Å²) in [7, 11) is 0. The Labute approximate surface area is 124 Å². The number of aliphatic hydroxyl groups excluding tert-OH is 1. The van der Waals surface area contributed by atoms with E-state index in [4.69, 9.17) is 14.2 Å². The summed E-state index contributed by atoms with van der Waals surface area (Å²) < 4.78 is 16.1. The molecule has 1 aromatic carbocycles. The van der Waals surface area contributed by atoms with E-state index in [1.807, 2.05) is 30.3 Å². The number of rotatable bonds is 5.